The van der Waals surface area contributed by atoms with Gasteiger partial charge in [-0.05, 0) is 0 Å². The first-order valence-electron chi connectivity index (χ1n) is 1.75. The summed E-state index contributed by atoms with van der Waals surface area (Å²) in [6.45, 7) is -0.126. The van der Waals surface area contributed by atoms with Gasteiger partial charge in [0.25, 0.3) is 5.91 Å². The first kappa shape index (κ1) is 6.94. The molecule has 8 heavy (non-hydrogen) atoms. The van der Waals surface area contributed by atoms with E-state index in [-0.39, 0.29) is 19.9 Å². The van der Waals surface area contributed by atoms with Crippen LogP contribution >= 0.6 is 0 Å². The first-order valence-corrected chi connectivity index (χ1v) is 1.75. The topological polar surface area (TPSA) is 55.4 Å². The Bertz CT molecular complexity index is 106. The highest BCUT2D eigenvalue weighted by atomic mass is 16.6. The van der Waals surface area contributed by atoms with Crippen molar-refractivity contribution in [3.63, 3.8) is 0 Å². The van der Waals surface area contributed by atoms with Gasteiger partial charge >= 0.3 is 6.09 Å². The molecule has 0 aromatic carbocycles. The number of alkyl carbamates (subject to hydrolysis) is 1. The number of ether oxygens (including phenoxy) is 1. The van der Waals surface area contributed by atoms with E-state index in [9.17, 15) is 9.59 Å². The highest BCUT2D eigenvalue weighted by molar-refractivity contribution is 5.97. The largest absolute Gasteiger partial charge is 0.439 e. The Hall–Kier alpha value is -1.06. The van der Waals surface area contributed by atoms with Crippen LogP contribution in [0.25, 0.3) is 0 Å². The molecule has 1 heterocycles. The van der Waals surface area contributed by atoms with Crippen LogP contribution in [0.15, 0.2) is 0 Å². The summed E-state index contributed by atoms with van der Waals surface area (Å²) in [5.41, 5.74) is 0. The van der Waals surface area contributed by atoms with Gasteiger partial charge in [0.1, 0.15) is 0 Å². The van der Waals surface area contributed by atoms with Crippen LogP contribution in [0.1, 0.15) is 7.43 Å². The van der Waals surface area contributed by atoms with Crippen LogP contribution in [-0.4, -0.2) is 18.6 Å². The van der Waals surface area contributed by atoms with Crippen LogP contribution < -0.4 is 5.32 Å². The molecule has 0 atom stereocenters. The number of amides is 2. The molecule has 0 unspecified atom stereocenters. The number of carbonyl (C=O) groups is 2. The van der Waals surface area contributed by atoms with Crippen molar-refractivity contribution in [3.8, 4) is 0 Å². The van der Waals surface area contributed by atoms with Gasteiger partial charge in [0.2, 0.25) is 0 Å². The Balaban J connectivity index is 0.000000490. The zero-order valence-electron chi connectivity index (χ0n) is 3.43. The summed E-state index contributed by atoms with van der Waals surface area (Å²) in [7, 11) is 0. The molecule has 1 fully saturated rings. The summed E-state index contributed by atoms with van der Waals surface area (Å²) >= 11 is 0. The van der Waals surface area contributed by atoms with Crippen molar-refractivity contribution in [3.05, 3.63) is 0 Å². The highest BCUT2D eigenvalue weighted by Crippen LogP contribution is 1.85. The van der Waals surface area contributed by atoms with Gasteiger partial charge < -0.3 is 4.74 Å². The second kappa shape index (κ2) is 2.30. The highest BCUT2D eigenvalue weighted by Gasteiger charge is 2.17. The second-order valence-electron chi connectivity index (χ2n) is 1.12. The van der Waals surface area contributed by atoms with Crippen molar-refractivity contribution < 1.29 is 14.3 Å². The summed E-state index contributed by atoms with van der Waals surface area (Å²) in [6.07, 6.45) is -0.648. The van der Waals surface area contributed by atoms with E-state index < -0.39 is 6.09 Å². The molecule has 0 aromatic rings. The molecular formula is C4H7NO3. The minimum Gasteiger partial charge on any atom is -0.439 e. The number of carbonyl (C=O) groups excluding carboxylic acids is 2. The Labute approximate surface area is 46.8 Å². The van der Waals surface area contributed by atoms with E-state index in [1.54, 1.807) is 0 Å². The molecule has 0 bridgehead atoms. The summed E-state index contributed by atoms with van der Waals surface area (Å²) in [6, 6.07) is 0. The van der Waals surface area contributed by atoms with Crippen LogP contribution in [0.3, 0.4) is 0 Å². The number of cyclic esters (lactones) is 1. The molecule has 1 aliphatic heterocycles. The number of hydrogen-bond acceptors (Lipinski definition) is 3. The molecule has 1 rings (SSSR count). The van der Waals surface area contributed by atoms with Crippen molar-refractivity contribution in [2.75, 3.05) is 6.61 Å². The number of hydrogen-bond donors (Lipinski definition) is 1. The molecule has 1 N–H and O–H groups in total. The van der Waals surface area contributed by atoms with E-state index in [0.29, 0.717) is 0 Å². The maximum absolute atomic E-state index is 10.00. The van der Waals surface area contributed by atoms with Crippen LogP contribution in [0.4, 0.5) is 4.79 Å². The normalized spacial score (nSPS) is 16.5. The minimum absolute atomic E-state index is 0. The van der Waals surface area contributed by atoms with Gasteiger partial charge in [-0.3, -0.25) is 10.1 Å². The van der Waals surface area contributed by atoms with Crippen molar-refractivity contribution in [2.24, 2.45) is 0 Å². The predicted molar refractivity (Wildman–Crippen MR) is 26.2 cm³/mol. The summed E-state index contributed by atoms with van der Waals surface area (Å²) in [4.78, 5) is 19.9. The molecule has 0 radical (unpaired) electrons. The molecule has 0 aromatic heterocycles. The van der Waals surface area contributed by atoms with E-state index in [4.69, 9.17) is 0 Å². The molecule has 1 saturated heterocycles. The molecule has 46 valence electrons. The van der Waals surface area contributed by atoms with Crippen molar-refractivity contribution in [1.82, 2.24) is 5.32 Å². The van der Waals surface area contributed by atoms with Crippen molar-refractivity contribution in [1.29, 1.82) is 0 Å². The lowest BCUT2D eigenvalue weighted by Gasteiger charge is -1.78. The molecule has 4 heteroatoms. The van der Waals surface area contributed by atoms with Crippen LogP contribution in [0, 0.1) is 0 Å². The first-order chi connectivity index (χ1) is 3.29. The Kier molecular flexibility index (Phi) is 1.99. The predicted octanol–water partition coefficient (Wildman–Crippen LogP) is -0.111. The number of rotatable bonds is 0. The van der Waals surface area contributed by atoms with E-state index in [2.05, 4.69) is 4.74 Å². The molecule has 0 saturated carbocycles. The average Bonchev–Trinajstić information content (AvgIpc) is 1.87. The molecule has 4 nitrogen and oxygen atoms in total. The van der Waals surface area contributed by atoms with Gasteiger partial charge in [-0.1, -0.05) is 7.43 Å². The fourth-order valence-corrected chi connectivity index (χ4v) is 0.317. The fourth-order valence-electron chi connectivity index (χ4n) is 0.317. The van der Waals surface area contributed by atoms with E-state index in [0.717, 1.165) is 0 Å². The summed E-state index contributed by atoms with van der Waals surface area (Å²) < 4.78 is 4.17. The Morgan fingerprint density at radius 3 is 2.25 bits per heavy atom. The molecule has 0 aliphatic carbocycles. The van der Waals surface area contributed by atoms with E-state index in [1.807, 2.05) is 5.32 Å². The quantitative estimate of drug-likeness (QED) is 0.481. The second-order valence-corrected chi connectivity index (χ2v) is 1.12. The zero-order valence-corrected chi connectivity index (χ0v) is 3.43. The number of nitrogens with one attached hydrogen (secondary N) is 1. The SMILES string of the molecule is C.O=C1COC(=O)N1. The standard InChI is InChI=1S/C3H3NO3.CH4/c5-2-1-7-3(6)4-2;/h1H2,(H,4,5,6);1H4. The fraction of sp³-hybridized carbons (Fsp3) is 0.500. The van der Waals surface area contributed by atoms with Gasteiger partial charge in [-0.15, -0.1) is 0 Å². The number of imide groups is 1. The van der Waals surface area contributed by atoms with Gasteiger partial charge in [-0.2, -0.15) is 0 Å². The summed E-state index contributed by atoms with van der Waals surface area (Å²) in [5, 5.41) is 1.92. The summed E-state index contributed by atoms with van der Waals surface area (Å²) in [5.74, 6) is -0.370. The average molecular weight is 117 g/mol. The maximum Gasteiger partial charge on any atom is 0.414 e. The lowest BCUT2D eigenvalue weighted by atomic mass is 10.7. The molecule has 0 spiro atoms. The lowest BCUT2D eigenvalue weighted by molar-refractivity contribution is -0.119. The Morgan fingerprint density at radius 2 is 2.12 bits per heavy atom. The third-order valence-corrected chi connectivity index (χ3v) is 0.576. The maximum atomic E-state index is 10.00. The van der Waals surface area contributed by atoms with Crippen molar-refractivity contribution >= 4 is 12.0 Å². The van der Waals surface area contributed by atoms with Gasteiger partial charge in [0.15, 0.2) is 6.61 Å². The minimum atomic E-state index is -0.648. The molecule has 2 amide bonds. The van der Waals surface area contributed by atoms with E-state index >= 15 is 0 Å². The Morgan fingerprint density at radius 1 is 1.50 bits per heavy atom. The van der Waals surface area contributed by atoms with Crippen LogP contribution in [0.2, 0.25) is 0 Å². The third kappa shape index (κ3) is 1.22. The van der Waals surface area contributed by atoms with Gasteiger partial charge in [0.05, 0.1) is 0 Å². The zero-order chi connectivity index (χ0) is 5.28. The monoisotopic (exact) mass is 117 g/mol. The van der Waals surface area contributed by atoms with Gasteiger partial charge in [0, 0.05) is 0 Å². The van der Waals surface area contributed by atoms with Crippen molar-refractivity contribution in [2.45, 2.75) is 7.43 Å². The van der Waals surface area contributed by atoms with Gasteiger partial charge in [-0.25, -0.2) is 4.79 Å². The third-order valence-electron chi connectivity index (χ3n) is 0.576. The van der Waals surface area contributed by atoms with Crippen LogP contribution in [-0.2, 0) is 9.53 Å². The van der Waals surface area contributed by atoms with E-state index in [1.165, 1.54) is 0 Å². The molecule has 1 aliphatic rings. The molecular weight excluding hydrogens is 110 g/mol. The smallest absolute Gasteiger partial charge is 0.414 e. The lowest BCUT2D eigenvalue weighted by Crippen LogP contribution is -2.18. The van der Waals surface area contributed by atoms with Crippen LogP contribution in [0.5, 0.6) is 0 Å².